The highest BCUT2D eigenvalue weighted by Crippen LogP contribution is 2.38. The van der Waals surface area contributed by atoms with Crippen LogP contribution in [-0.2, 0) is 9.84 Å². The number of thioether (sulfide) groups is 1. The fourth-order valence-electron chi connectivity index (χ4n) is 0.938. The van der Waals surface area contributed by atoms with Crippen LogP contribution < -0.4 is 0 Å². The second kappa shape index (κ2) is 4.43. The lowest BCUT2D eigenvalue weighted by Gasteiger charge is -2.08. The van der Waals surface area contributed by atoms with Crippen molar-refractivity contribution in [1.82, 2.24) is 0 Å². The van der Waals surface area contributed by atoms with Crippen molar-refractivity contribution in [3.8, 4) is 0 Å². The molecule has 1 heterocycles. The molecular weight excluding hydrogens is 260 g/mol. The van der Waals surface area contributed by atoms with Crippen LogP contribution >= 0.6 is 34.7 Å². The molecule has 0 atom stereocenters. The van der Waals surface area contributed by atoms with E-state index in [0.29, 0.717) is 9.92 Å². The first-order chi connectivity index (χ1) is 6.41. The van der Waals surface area contributed by atoms with Crippen molar-refractivity contribution < 1.29 is 8.42 Å². The molecule has 1 aromatic heterocycles. The van der Waals surface area contributed by atoms with Gasteiger partial charge in [0.1, 0.15) is 4.90 Å². The van der Waals surface area contributed by atoms with Gasteiger partial charge in [0.15, 0.2) is 9.84 Å². The first kappa shape index (κ1) is 12.4. The van der Waals surface area contributed by atoms with E-state index in [9.17, 15) is 8.42 Å². The molecule has 2 nitrogen and oxygen atoms in total. The van der Waals surface area contributed by atoms with Gasteiger partial charge >= 0.3 is 0 Å². The maximum atomic E-state index is 11.9. The monoisotopic (exact) mass is 270 g/mol. The Morgan fingerprint density at radius 1 is 1.50 bits per heavy atom. The Bertz CT molecular complexity index is 420. The van der Waals surface area contributed by atoms with E-state index in [1.165, 1.54) is 23.1 Å². The lowest BCUT2D eigenvalue weighted by atomic mass is 10.6. The largest absolute Gasteiger partial charge is 0.223 e. The van der Waals surface area contributed by atoms with Crippen molar-refractivity contribution in [2.75, 3.05) is 6.26 Å². The van der Waals surface area contributed by atoms with E-state index in [-0.39, 0.29) is 0 Å². The molecule has 0 saturated carbocycles. The van der Waals surface area contributed by atoms with Gasteiger partial charge < -0.3 is 0 Å². The topological polar surface area (TPSA) is 34.1 Å². The van der Waals surface area contributed by atoms with E-state index in [2.05, 4.69) is 0 Å². The van der Waals surface area contributed by atoms with Crippen LogP contribution in [0.3, 0.4) is 0 Å². The second-order valence-corrected chi connectivity index (χ2v) is 7.80. The van der Waals surface area contributed by atoms with Gasteiger partial charge in [-0.05, 0) is 20.1 Å². The van der Waals surface area contributed by atoms with Gasteiger partial charge in [0.25, 0.3) is 0 Å². The minimum absolute atomic E-state index is 0.298. The fraction of sp³-hybridized carbons (Fsp3) is 0.500. The lowest BCUT2D eigenvalue weighted by Crippen LogP contribution is -2.14. The van der Waals surface area contributed by atoms with Crippen molar-refractivity contribution in [3.63, 3.8) is 0 Å². The summed E-state index contributed by atoms with van der Waals surface area (Å²) in [7, 11) is -3.25. The second-order valence-electron chi connectivity index (χ2n) is 3.00. The molecule has 0 saturated heterocycles. The zero-order chi connectivity index (χ0) is 10.9. The fourth-order valence-corrected chi connectivity index (χ4v) is 5.17. The number of hydrogen-bond acceptors (Lipinski definition) is 4. The highest BCUT2D eigenvalue weighted by Gasteiger charge is 2.26. The summed E-state index contributed by atoms with van der Waals surface area (Å²) in [4.78, 5) is 0.298. The summed E-state index contributed by atoms with van der Waals surface area (Å²) in [5.41, 5.74) is 0. The zero-order valence-electron chi connectivity index (χ0n) is 8.07. The Morgan fingerprint density at radius 2 is 2.07 bits per heavy atom. The standard InChI is InChI=1S/C8H11ClO2S3/c1-5(2)14(10,11)7-6(9)4-13-8(7)12-3/h4-5H,1-3H3. The van der Waals surface area contributed by atoms with E-state index >= 15 is 0 Å². The summed E-state index contributed by atoms with van der Waals surface area (Å²) < 4.78 is 24.6. The van der Waals surface area contributed by atoms with E-state index in [1.807, 2.05) is 6.26 Å². The molecule has 1 rings (SSSR count). The molecule has 0 radical (unpaired) electrons. The molecular formula is C8H11ClO2S3. The minimum Gasteiger partial charge on any atom is -0.223 e. The first-order valence-corrected chi connectivity index (χ1v) is 7.99. The summed E-state index contributed by atoms with van der Waals surface area (Å²) in [5, 5.41) is 1.58. The van der Waals surface area contributed by atoms with Crippen molar-refractivity contribution in [3.05, 3.63) is 10.4 Å². The molecule has 0 fully saturated rings. The third-order valence-corrected chi connectivity index (χ3v) is 6.93. The number of thiophene rings is 1. The van der Waals surface area contributed by atoms with E-state index in [1.54, 1.807) is 19.2 Å². The molecule has 0 aromatic carbocycles. The molecule has 0 amide bonds. The Morgan fingerprint density at radius 3 is 2.50 bits per heavy atom. The van der Waals surface area contributed by atoms with Crippen LogP contribution in [0.2, 0.25) is 5.02 Å². The summed E-state index contributed by atoms with van der Waals surface area (Å²) in [5.74, 6) is 0. The van der Waals surface area contributed by atoms with Gasteiger partial charge in [-0.2, -0.15) is 0 Å². The summed E-state index contributed by atoms with van der Waals surface area (Å²) >= 11 is 8.66. The number of halogens is 1. The van der Waals surface area contributed by atoms with Crippen LogP contribution in [0.15, 0.2) is 14.5 Å². The summed E-state index contributed by atoms with van der Waals surface area (Å²) in [6.45, 7) is 3.32. The smallest absolute Gasteiger partial charge is 0.184 e. The quantitative estimate of drug-likeness (QED) is 0.791. The molecule has 0 bridgehead atoms. The van der Waals surface area contributed by atoms with Gasteiger partial charge in [-0.1, -0.05) is 11.6 Å². The van der Waals surface area contributed by atoms with Crippen LogP contribution in [0.1, 0.15) is 13.8 Å². The van der Waals surface area contributed by atoms with Gasteiger partial charge in [0.2, 0.25) is 0 Å². The summed E-state index contributed by atoms with van der Waals surface area (Å²) in [6, 6.07) is 0. The molecule has 0 unspecified atom stereocenters. The predicted octanol–water partition coefficient (Wildman–Crippen LogP) is 3.31. The Kier molecular flexibility index (Phi) is 3.91. The predicted molar refractivity (Wildman–Crippen MR) is 63.4 cm³/mol. The molecule has 6 heteroatoms. The maximum absolute atomic E-state index is 11.9. The van der Waals surface area contributed by atoms with Crippen molar-refractivity contribution >= 4 is 44.5 Å². The van der Waals surface area contributed by atoms with Gasteiger partial charge in [-0.3, -0.25) is 0 Å². The number of sulfone groups is 1. The van der Waals surface area contributed by atoms with E-state index in [0.717, 1.165) is 4.21 Å². The van der Waals surface area contributed by atoms with Crippen LogP contribution in [0.25, 0.3) is 0 Å². The molecule has 0 N–H and O–H groups in total. The van der Waals surface area contributed by atoms with Crippen LogP contribution in [-0.4, -0.2) is 19.9 Å². The molecule has 80 valence electrons. The van der Waals surface area contributed by atoms with E-state index in [4.69, 9.17) is 11.6 Å². The first-order valence-electron chi connectivity index (χ1n) is 3.96. The van der Waals surface area contributed by atoms with Crippen LogP contribution in [0, 0.1) is 0 Å². The molecule has 1 aromatic rings. The van der Waals surface area contributed by atoms with Gasteiger partial charge in [0.05, 0.1) is 14.5 Å². The normalized spacial score (nSPS) is 12.4. The number of rotatable bonds is 3. The average molecular weight is 271 g/mol. The van der Waals surface area contributed by atoms with Crippen molar-refractivity contribution in [2.24, 2.45) is 0 Å². The molecule has 0 aliphatic carbocycles. The van der Waals surface area contributed by atoms with Crippen molar-refractivity contribution in [1.29, 1.82) is 0 Å². The van der Waals surface area contributed by atoms with Gasteiger partial charge in [-0.25, -0.2) is 8.42 Å². The number of hydrogen-bond donors (Lipinski definition) is 0. The SMILES string of the molecule is CSc1scc(Cl)c1S(=O)(=O)C(C)C. The third-order valence-electron chi connectivity index (χ3n) is 1.76. The average Bonchev–Trinajstić information content (AvgIpc) is 2.46. The van der Waals surface area contributed by atoms with E-state index < -0.39 is 15.1 Å². The van der Waals surface area contributed by atoms with Crippen molar-refractivity contribution in [2.45, 2.75) is 28.2 Å². The van der Waals surface area contributed by atoms with Crippen LogP contribution in [0.4, 0.5) is 0 Å². The Balaban J connectivity index is 3.38. The maximum Gasteiger partial charge on any atom is 0.184 e. The molecule has 0 spiro atoms. The van der Waals surface area contributed by atoms with Gasteiger partial charge in [0, 0.05) is 5.38 Å². The van der Waals surface area contributed by atoms with Gasteiger partial charge in [-0.15, -0.1) is 23.1 Å². The third kappa shape index (κ3) is 2.10. The highest BCUT2D eigenvalue weighted by atomic mass is 35.5. The molecule has 0 aliphatic rings. The molecule has 0 aliphatic heterocycles. The Hall–Kier alpha value is 0.290. The van der Waals surface area contributed by atoms with Crippen LogP contribution in [0.5, 0.6) is 0 Å². The lowest BCUT2D eigenvalue weighted by molar-refractivity contribution is 0.586. The Labute approximate surface area is 97.6 Å². The molecule has 14 heavy (non-hydrogen) atoms. The highest BCUT2D eigenvalue weighted by molar-refractivity contribution is 8.01. The minimum atomic E-state index is -3.25. The summed E-state index contributed by atoms with van der Waals surface area (Å²) in [6.07, 6.45) is 1.85. The zero-order valence-corrected chi connectivity index (χ0v) is 11.3.